The van der Waals surface area contributed by atoms with Crippen LogP contribution in [0.3, 0.4) is 0 Å². The lowest BCUT2D eigenvalue weighted by atomic mass is 9.99. The van der Waals surface area contributed by atoms with Crippen molar-refractivity contribution in [1.29, 1.82) is 0 Å². The van der Waals surface area contributed by atoms with Gasteiger partial charge in [0.15, 0.2) is 0 Å². The molecule has 36 heavy (non-hydrogen) atoms. The molecule has 0 unspecified atom stereocenters. The fourth-order valence-electron chi connectivity index (χ4n) is 5.03. The van der Waals surface area contributed by atoms with Gasteiger partial charge in [-0.3, -0.25) is 0 Å². The van der Waals surface area contributed by atoms with Crippen molar-refractivity contribution >= 4 is 23.8 Å². The molecule has 12 nitrogen and oxygen atoms in total. The first-order valence-corrected chi connectivity index (χ1v) is 12.4. The molecule has 4 N–H and O–H groups in total. The molecule has 194 valence electrons. The highest BCUT2D eigenvalue weighted by Gasteiger charge is 2.45. The maximum Gasteiger partial charge on any atom is 0.409 e. The monoisotopic (exact) mass is 497 g/mol. The normalized spacial score (nSPS) is 22.2. The number of amides is 1. The first-order valence-electron chi connectivity index (χ1n) is 12.4. The molecule has 12 heteroatoms. The number of rotatable bonds is 5. The van der Waals surface area contributed by atoms with E-state index < -0.39 is 5.54 Å². The summed E-state index contributed by atoms with van der Waals surface area (Å²) in [6.07, 6.45) is 4.70. The van der Waals surface area contributed by atoms with E-state index in [2.05, 4.69) is 26.7 Å². The second-order valence-electron chi connectivity index (χ2n) is 10.7. The van der Waals surface area contributed by atoms with Crippen LogP contribution in [0.1, 0.15) is 32.8 Å². The summed E-state index contributed by atoms with van der Waals surface area (Å²) in [5.41, 5.74) is 13.6. The van der Waals surface area contributed by atoms with Gasteiger partial charge in [-0.25, -0.2) is 19.7 Å². The predicted octanol–water partition coefficient (Wildman–Crippen LogP) is 1.05. The van der Waals surface area contributed by atoms with Crippen LogP contribution in [-0.4, -0.2) is 94.6 Å². The number of nitrogens with two attached hydrogens (primary N) is 2. The topological polar surface area (TPSA) is 149 Å². The Morgan fingerprint density at radius 1 is 1.17 bits per heavy atom. The van der Waals surface area contributed by atoms with Crippen LogP contribution in [0.15, 0.2) is 12.4 Å². The Labute approximate surface area is 211 Å². The van der Waals surface area contributed by atoms with Gasteiger partial charge in [0, 0.05) is 61.8 Å². The molecule has 2 fully saturated rings. The molecule has 2 aromatic heterocycles. The summed E-state index contributed by atoms with van der Waals surface area (Å²) in [6.45, 7) is 10.7. The van der Waals surface area contributed by atoms with Crippen LogP contribution in [-0.2, 0) is 15.9 Å². The van der Waals surface area contributed by atoms with Gasteiger partial charge < -0.3 is 35.6 Å². The van der Waals surface area contributed by atoms with Gasteiger partial charge in [-0.1, -0.05) is 0 Å². The lowest BCUT2D eigenvalue weighted by Gasteiger charge is -2.37. The molecule has 0 aliphatic carbocycles. The van der Waals surface area contributed by atoms with E-state index >= 15 is 0 Å². The average molecular weight is 498 g/mol. The standard InChI is InChI=1S/C24H35N9O3/c1-23(2,26)15-36-22(34)32-7-5-24(3,14-32)33-6-4-17-18(16-12-27-20(25)28-13-16)29-21(30-19(17)33)31-8-10-35-11-9-31/h12-13H,4-11,14-15,26H2,1-3H3,(H2,25,27,28)/t24-/m0/s1. The number of hydrogen-bond acceptors (Lipinski definition) is 11. The number of carbonyl (C=O) groups is 1. The quantitative estimate of drug-likeness (QED) is 0.610. The molecule has 5 heterocycles. The van der Waals surface area contributed by atoms with Crippen LogP contribution in [0.2, 0.25) is 0 Å². The highest BCUT2D eigenvalue weighted by Crippen LogP contribution is 2.41. The van der Waals surface area contributed by atoms with Crippen molar-refractivity contribution in [1.82, 2.24) is 24.8 Å². The number of nitrogen functional groups attached to an aromatic ring is 1. The molecule has 1 amide bonds. The molecular weight excluding hydrogens is 462 g/mol. The Morgan fingerprint density at radius 3 is 2.58 bits per heavy atom. The second kappa shape index (κ2) is 9.32. The van der Waals surface area contributed by atoms with E-state index in [1.54, 1.807) is 17.3 Å². The Hall–Kier alpha value is -3.25. The lowest BCUT2D eigenvalue weighted by Crippen LogP contribution is -2.49. The molecule has 1 atom stereocenters. The number of anilines is 3. The number of hydrogen-bond donors (Lipinski definition) is 2. The predicted molar refractivity (Wildman–Crippen MR) is 136 cm³/mol. The van der Waals surface area contributed by atoms with Gasteiger partial charge in [-0.2, -0.15) is 4.98 Å². The van der Waals surface area contributed by atoms with Gasteiger partial charge in [-0.15, -0.1) is 0 Å². The smallest absolute Gasteiger partial charge is 0.409 e. The summed E-state index contributed by atoms with van der Waals surface area (Å²) in [5.74, 6) is 1.79. The molecule has 2 saturated heterocycles. The van der Waals surface area contributed by atoms with Crippen LogP contribution < -0.4 is 21.3 Å². The van der Waals surface area contributed by atoms with Crippen LogP contribution in [0.4, 0.5) is 22.5 Å². The Kier molecular flexibility index (Phi) is 6.33. The third-order valence-electron chi connectivity index (χ3n) is 6.98. The summed E-state index contributed by atoms with van der Waals surface area (Å²) in [5, 5.41) is 0. The van der Waals surface area contributed by atoms with Crippen molar-refractivity contribution in [2.45, 2.75) is 44.7 Å². The fourth-order valence-corrected chi connectivity index (χ4v) is 5.03. The summed E-state index contributed by atoms with van der Waals surface area (Å²) < 4.78 is 11.0. The van der Waals surface area contributed by atoms with E-state index in [0.29, 0.717) is 32.3 Å². The second-order valence-corrected chi connectivity index (χ2v) is 10.7. The van der Waals surface area contributed by atoms with E-state index in [1.165, 1.54) is 0 Å². The van der Waals surface area contributed by atoms with Crippen molar-refractivity contribution in [2.75, 3.05) is 68.1 Å². The van der Waals surface area contributed by atoms with Crippen LogP contribution in [0.5, 0.6) is 0 Å². The van der Waals surface area contributed by atoms with Crippen molar-refractivity contribution < 1.29 is 14.3 Å². The maximum absolute atomic E-state index is 12.7. The summed E-state index contributed by atoms with van der Waals surface area (Å²) in [4.78, 5) is 37.4. The molecule has 0 spiro atoms. The number of morpholine rings is 1. The van der Waals surface area contributed by atoms with Crippen molar-refractivity contribution in [3.63, 3.8) is 0 Å². The molecule has 5 rings (SSSR count). The van der Waals surface area contributed by atoms with Gasteiger partial charge in [0.1, 0.15) is 12.4 Å². The zero-order valence-electron chi connectivity index (χ0n) is 21.2. The van der Waals surface area contributed by atoms with Crippen LogP contribution >= 0.6 is 0 Å². The minimum atomic E-state index is -0.568. The van der Waals surface area contributed by atoms with Gasteiger partial charge >= 0.3 is 6.09 Å². The van der Waals surface area contributed by atoms with E-state index in [-0.39, 0.29) is 24.2 Å². The third kappa shape index (κ3) is 4.87. The highest BCUT2D eigenvalue weighted by molar-refractivity contribution is 5.74. The molecule has 0 aromatic carbocycles. The van der Waals surface area contributed by atoms with Gasteiger partial charge in [0.25, 0.3) is 0 Å². The Balaban J connectivity index is 1.45. The number of likely N-dealkylation sites (tertiary alicyclic amines) is 1. The zero-order chi connectivity index (χ0) is 25.5. The zero-order valence-corrected chi connectivity index (χ0v) is 21.2. The molecule has 0 radical (unpaired) electrons. The van der Waals surface area contributed by atoms with E-state index in [4.69, 9.17) is 30.9 Å². The van der Waals surface area contributed by atoms with E-state index in [9.17, 15) is 4.79 Å². The molecule has 0 saturated carbocycles. The molecule has 3 aliphatic rings. The lowest BCUT2D eigenvalue weighted by molar-refractivity contribution is 0.0916. The number of carbonyl (C=O) groups excluding carboxylic acids is 1. The number of fused-ring (bicyclic) bond motifs is 1. The van der Waals surface area contributed by atoms with Crippen molar-refractivity contribution in [2.24, 2.45) is 5.73 Å². The Morgan fingerprint density at radius 2 is 1.89 bits per heavy atom. The minimum absolute atomic E-state index is 0.175. The third-order valence-corrected chi connectivity index (χ3v) is 6.98. The fraction of sp³-hybridized carbons (Fsp3) is 0.625. The largest absolute Gasteiger partial charge is 0.447 e. The summed E-state index contributed by atoms with van der Waals surface area (Å²) >= 11 is 0. The van der Waals surface area contributed by atoms with Gasteiger partial charge in [-0.05, 0) is 33.6 Å². The van der Waals surface area contributed by atoms with Crippen molar-refractivity contribution in [3.05, 3.63) is 18.0 Å². The first kappa shape index (κ1) is 24.4. The number of ether oxygens (including phenoxy) is 2. The van der Waals surface area contributed by atoms with Crippen LogP contribution in [0.25, 0.3) is 11.3 Å². The van der Waals surface area contributed by atoms with Gasteiger partial charge in [0.05, 0.1) is 24.4 Å². The SMILES string of the molecule is CC(C)(N)COC(=O)N1CC[C@](C)(N2CCc3c(-c4cnc(N)nc4)nc(N4CCOCC4)nc32)C1. The molecular formula is C24H35N9O3. The number of aromatic nitrogens is 4. The molecule has 3 aliphatic heterocycles. The minimum Gasteiger partial charge on any atom is -0.447 e. The summed E-state index contributed by atoms with van der Waals surface area (Å²) in [6, 6.07) is 0. The molecule has 0 bridgehead atoms. The molecule has 2 aromatic rings. The Bertz CT molecular complexity index is 1120. The average Bonchev–Trinajstić information content (AvgIpc) is 3.47. The first-order chi connectivity index (χ1) is 17.1. The van der Waals surface area contributed by atoms with E-state index in [0.717, 1.165) is 55.1 Å². The maximum atomic E-state index is 12.7. The van der Waals surface area contributed by atoms with E-state index in [1.807, 2.05) is 13.8 Å². The van der Waals surface area contributed by atoms with Crippen molar-refractivity contribution in [3.8, 4) is 11.3 Å². The number of nitrogens with zero attached hydrogens (tertiary/aromatic N) is 7. The highest BCUT2D eigenvalue weighted by atomic mass is 16.6. The van der Waals surface area contributed by atoms with Crippen LogP contribution in [0, 0.1) is 0 Å². The summed E-state index contributed by atoms with van der Waals surface area (Å²) in [7, 11) is 0. The van der Waals surface area contributed by atoms with Gasteiger partial charge in [0.2, 0.25) is 11.9 Å².